The lowest BCUT2D eigenvalue weighted by atomic mass is 9.87. The highest BCUT2D eigenvalue weighted by molar-refractivity contribution is 5.85. The van der Waals surface area contributed by atoms with E-state index in [-0.39, 0.29) is 17.9 Å². The van der Waals surface area contributed by atoms with Crippen LogP contribution in [-0.2, 0) is 9.59 Å². The summed E-state index contributed by atoms with van der Waals surface area (Å²) in [4.78, 5) is 23.1. The second-order valence-electron chi connectivity index (χ2n) is 5.90. The third-order valence-electron chi connectivity index (χ3n) is 4.55. The molecule has 0 aromatic rings. The van der Waals surface area contributed by atoms with Gasteiger partial charge in [-0.2, -0.15) is 0 Å². The van der Waals surface area contributed by atoms with Crippen molar-refractivity contribution in [2.45, 2.75) is 51.0 Å². The van der Waals surface area contributed by atoms with Crippen molar-refractivity contribution in [3.63, 3.8) is 0 Å². The minimum absolute atomic E-state index is 0.101. The topological polar surface area (TPSA) is 86.6 Å². The molecule has 2 aliphatic carbocycles. The van der Waals surface area contributed by atoms with Crippen molar-refractivity contribution in [2.24, 2.45) is 17.8 Å². The maximum absolute atomic E-state index is 12.0. The summed E-state index contributed by atoms with van der Waals surface area (Å²) >= 11 is 0. The summed E-state index contributed by atoms with van der Waals surface area (Å²) < 4.78 is 0. The van der Waals surface area contributed by atoms with Gasteiger partial charge in [0.15, 0.2) is 0 Å². The summed E-state index contributed by atoms with van der Waals surface area (Å²) in [7, 11) is 0. The number of aliphatic carboxylic acids is 1. The third-order valence-corrected chi connectivity index (χ3v) is 4.55. The van der Waals surface area contributed by atoms with E-state index in [1.807, 2.05) is 0 Å². The van der Waals surface area contributed by atoms with Gasteiger partial charge in [-0.25, -0.2) is 0 Å². The largest absolute Gasteiger partial charge is 0.481 e. The molecule has 0 spiro atoms. The van der Waals surface area contributed by atoms with E-state index in [0.29, 0.717) is 25.3 Å². The molecule has 2 unspecified atom stereocenters. The lowest BCUT2D eigenvalue weighted by Gasteiger charge is -2.26. The highest BCUT2D eigenvalue weighted by atomic mass is 16.4. The molecular formula is C14H23NO4. The van der Waals surface area contributed by atoms with Gasteiger partial charge in [0.25, 0.3) is 0 Å². The van der Waals surface area contributed by atoms with Crippen LogP contribution in [0, 0.1) is 17.8 Å². The predicted molar refractivity (Wildman–Crippen MR) is 69.4 cm³/mol. The minimum atomic E-state index is -0.849. The molecule has 0 aliphatic heterocycles. The summed E-state index contributed by atoms with van der Waals surface area (Å²) in [5, 5.41) is 21.4. The van der Waals surface area contributed by atoms with E-state index in [0.717, 1.165) is 32.1 Å². The Morgan fingerprint density at radius 2 is 1.63 bits per heavy atom. The van der Waals surface area contributed by atoms with Gasteiger partial charge in [0, 0.05) is 6.54 Å². The Kier molecular flexibility index (Phi) is 4.80. The van der Waals surface area contributed by atoms with E-state index in [1.54, 1.807) is 0 Å². The highest BCUT2D eigenvalue weighted by Crippen LogP contribution is 2.32. The number of carbonyl (C=O) groups excluding carboxylic acids is 1. The van der Waals surface area contributed by atoms with Gasteiger partial charge in [-0.15, -0.1) is 0 Å². The van der Waals surface area contributed by atoms with Gasteiger partial charge in [-0.3, -0.25) is 9.59 Å². The van der Waals surface area contributed by atoms with Crippen molar-refractivity contribution in [3.8, 4) is 0 Å². The van der Waals surface area contributed by atoms with Crippen molar-refractivity contribution < 1.29 is 19.8 Å². The highest BCUT2D eigenvalue weighted by Gasteiger charge is 2.37. The molecule has 0 bridgehead atoms. The molecular weight excluding hydrogens is 246 g/mol. The van der Waals surface area contributed by atoms with Crippen LogP contribution >= 0.6 is 0 Å². The molecule has 1 amide bonds. The molecule has 5 nitrogen and oxygen atoms in total. The summed E-state index contributed by atoms with van der Waals surface area (Å²) in [5.74, 6) is -1.38. The predicted octanol–water partition coefficient (Wildman–Crippen LogP) is 1.15. The molecule has 2 saturated carbocycles. The molecule has 0 saturated heterocycles. The van der Waals surface area contributed by atoms with Crippen LogP contribution in [-0.4, -0.2) is 34.7 Å². The summed E-state index contributed by atoms with van der Waals surface area (Å²) in [6.07, 6.45) is 5.44. The number of rotatable bonds is 4. The Hall–Kier alpha value is -1.10. The van der Waals surface area contributed by atoms with Crippen LogP contribution in [0.25, 0.3) is 0 Å². The lowest BCUT2D eigenvalue weighted by molar-refractivity contribution is -0.146. The van der Waals surface area contributed by atoms with Crippen LogP contribution in [0.3, 0.4) is 0 Å². The number of hydrogen-bond donors (Lipinski definition) is 3. The van der Waals surface area contributed by atoms with Crippen molar-refractivity contribution in [3.05, 3.63) is 0 Å². The summed E-state index contributed by atoms with van der Waals surface area (Å²) in [6.45, 7) is 0.619. The maximum atomic E-state index is 12.0. The van der Waals surface area contributed by atoms with Gasteiger partial charge in [0.2, 0.25) is 5.91 Å². The van der Waals surface area contributed by atoms with E-state index >= 15 is 0 Å². The Morgan fingerprint density at radius 1 is 1.00 bits per heavy atom. The number of aliphatic hydroxyl groups excluding tert-OH is 1. The zero-order valence-corrected chi connectivity index (χ0v) is 11.2. The van der Waals surface area contributed by atoms with Crippen LogP contribution < -0.4 is 5.32 Å². The van der Waals surface area contributed by atoms with Crippen LogP contribution in [0.2, 0.25) is 0 Å². The zero-order chi connectivity index (χ0) is 13.8. The number of carboxylic acid groups (broad SMARTS) is 1. The number of carbonyl (C=O) groups is 2. The molecule has 0 aromatic carbocycles. The number of amides is 1. The number of carboxylic acids is 1. The first-order valence-corrected chi connectivity index (χ1v) is 7.26. The van der Waals surface area contributed by atoms with Gasteiger partial charge < -0.3 is 15.5 Å². The maximum Gasteiger partial charge on any atom is 0.307 e. The van der Waals surface area contributed by atoms with E-state index in [4.69, 9.17) is 5.11 Å². The van der Waals surface area contributed by atoms with E-state index in [2.05, 4.69) is 5.32 Å². The summed E-state index contributed by atoms with van der Waals surface area (Å²) in [6, 6.07) is 0. The van der Waals surface area contributed by atoms with E-state index < -0.39 is 11.9 Å². The van der Waals surface area contributed by atoms with E-state index in [1.165, 1.54) is 0 Å². The molecule has 0 heterocycles. The molecule has 3 N–H and O–H groups in total. The fourth-order valence-electron chi connectivity index (χ4n) is 3.29. The molecule has 2 atom stereocenters. The molecule has 0 aromatic heterocycles. The first-order valence-electron chi connectivity index (χ1n) is 7.26. The Bertz CT molecular complexity index is 336. The Morgan fingerprint density at radius 3 is 2.26 bits per heavy atom. The average molecular weight is 269 g/mol. The number of nitrogens with one attached hydrogen (secondary N) is 1. The van der Waals surface area contributed by atoms with E-state index in [9.17, 15) is 14.7 Å². The zero-order valence-electron chi connectivity index (χ0n) is 11.2. The number of hydrogen-bond acceptors (Lipinski definition) is 3. The standard InChI is InChI=1S/C14H23NO4/c16-10-6-4-9(5-7-10)8-15-13(17)11-2-1-3-12(11)14(18)19/h9-12,16H,1-8H2,(H,15,17)(H,18,19). The first-order chi connectivity index (χ1) is 9.08. The summed E-state index contributed by atoms with van der Waals surface area (Å²) in [5.41, 5.74) is 0. The second kappa shape index (κ2) is 6.37. The van der Waals surface area contributed by atoms with Crippen molar-refractivity contribution in [1.29, 1.82) is 0 Å². The van der Waals surface area contributed by atoms with Gasteiger partial charge in [0.05, 0.1) is 17.9 Å². The van der Waals surface area contributed by atoms with Crippen LogP contribution in [0.4, 0.5) is 0 Å². The van der Waals surface area contributed by atoms with Crippen molar-refractivity contribution in [1.82, 2.24) is 5.32 Å². The fourth-order valence-corrected chi connectivity index (χ4v) is 3.29. The molecule has 0 radical (unpaired) electrons. The SMILES string of the molecule is O=C(O)C1CCCC1C(=O)NCC1CCC(O)CC1. The molecule has 2 aliphatic rings. The van der Waals surface area contributed by atoms with Crippen molar-refractivity contribution in [2.75, 3.05) is 6.54 Å². The van der Waals surface area contributed by atoms with Crippen LogP contribution in [0.5, 0.6) is 0 Å². The van der Waals surface area contributed by atoms with Crippen LogP contribution in [0.15, 0.2) is 0 Å². The lowest BCUT2D eigenvalue weighted by Crippen LogP contribution is -2.38. The van der Waals surface area contributed by atoms with Gasteiger partial charge in [0.1, 0.15) is 0 Å². The molecule has 2 fully saturated rings. The molecule has 19 heavy (non-hydrogen) atoms. The minimum Gasteiger partial charge on any atom is -0.481 e. The third kappa shape index (κ3) is 3.69. The van der Waals surface area contributed by atoms with Gasteiger partial charge >= 0.3 is 5.97 Å². The quantitative estimate of drug-likeness (QED) is 0.714. The van der Waals surface area contributed by atoms with Gasteiger partial charge in [-0.1, -0.05) is 6.42 Å². The normalized spacial score (nSPS) is 35.0. The first kappa shape index (κ1) is 14.3. The monoisotopic (exact) mass is 269 g/mol. The Balaban J connectivity index is 1.76. The van der Waals surface area contributed by atoms with Gasteiger partial charge in [-0.05, 0) is 44.4 Å². The second-order valence-corrected chi connectivity index (χ2v) is 5.90. The Labute approximate surface area is 113 Å². The molecule has 2 rings (SSSR count). The average Bonchev–Trinajstić information content (AvgIpc) is 2.87. The molecule has 108 valence electrons. The van der Waals surface area contributed by atoms with Crippen molar-refractivity contribution >= 4 is 11.9 Å². The molecule has 5 heteroatoms. The smallest absolute Gasteiger partial charge is 0.307 e. The number of aliphatic hydroxyl groups is 1. The van der Waals surface area contributed by atoms with Crippen LogP contribution in [0.1, 0.15) is 44.9 Å². The fraction of sp³-hybridized carbons (Fsp3) is 0.857.